The fourth-order valence-electron chi connectivity index (χ4n) is 5.13. The van der Waals surface area contributed by atoms with Gasteiger partial charge in [0.2, 0.25) is 5.91 Å². The Balaban J connectivity index is 1.56. The summed E-state index contributed by atoms with van der Waals surface area (Å²) < 4.78 is 11.7. The van der Waals surface area contributed by atoms with Gasteiger partial charge in [-0.2, -0.15) is 0 Å². The molecule has 0 saturated carbocycles. The minimum atomic E-state index is -1.09. The molecule has 2 atom stereocenters. The molecule has 1 aliphatic rings. The second-order valence-electron chi connectivity index (χ2n) is 11.9. The molecular weight excluding hydrogens is 584 g/mol. The highest BCUT2D eigenvalue weighted by molar-refractivity contribution is 6.30. The highest BCUT2D eigenvalue weighted by atomic mass is 35.5. The van der Waals surface area contributed by atoms with E-state index >= 15 is 0 Å². The number of nitrogens with zero attached hydrogens (tertiary/aromatic N) is 1. The number of carbonyl (C=O) groups excluding carboxylic acids is 2. The lowest BCUT2D eigenvalue weighted by molar-refractivity contribution is -0.139. The van der Waals surface area contributed by atoms with Gasteiger partial charge in [0.1, 0.15) is 18.0 Å². The van der Waals surface area contributed by atoms with Crippen LogP contribution in [0.2, 0.25) is 5.02 Å². The zero-order chi connectivity index (χ0) is 32.0. The number of ether oxygens (including phenoxy) is 2. The first kappa shape index (κ1) is 33.0. The number of rotatable bonds is 12. The van der Waals surface area contributed by atoms with E-state index in [9.17, 15) is 19.5 Å². The van der Waals surface area contributed by atoms with E-state index in [4.69, 9.17) is 26.2 Å². The van der Waals surface area contributed by atoms with Crippen LogP contribution in [0.5, 0.6) is 5.75 Å². The summed E-state index contributed by atoms with van der Waals surface area (Å²) in [5.74, 6) is -1.31. The number of halogens is 1. The quantitative estimate of drug-likeness (QED) is 0.259. The van der Waals surface area contributed by atoms with Crippen LogP contribution in [0.25, 0.3) is 0 Å². The highest BCUT2D eigenvalue weighted by Crippen LogP contribution is 2.42. The van der Waals surface area contributed by atoms with Gasteiger partial charge >= 0.3 is 5.97 Å². The molecule has 0 radical (unpaired) electrons. The predicted molar refractivity (Wildman–Crippen MR) is 168 cm³/mol. The van der Waals surface area contributed by atoms with Crippen molar-refractivity contribution in [3.63, 3.8) is 0 Å². The number of nitrogens with one attached hydrogen (secondary N) is 1. The molecule has 0 unspecified atom stereocenters. The van der Waals surface area contributed by atoms with Crippen molar-refractivity contribution in [3.8, 4) is 5.75 Å². The molecule has 0 bridgehead atoms. The van der Waals surface area contributed by atoms with E-state index in [0.29, 0.717) is 35.0 Å². The molecule has 2 amide bonds. The maximum Gasteiger partial charge on any atom is 0.341 e. The number of anilines is 1. The normalized spacial score (nSPS) is 16.7. The van der Waals surface area contributed by atoms with E-state index in [1.54, 1.807) is 47.4 Å². The number of benzene rings is 3. The van der Waals surface area contributed by atoms with Gasteiger partial charge in [0.25, 0.3) is 5.91 Å². The van der Waals surface area contributed by atoms with Crippen LogP contribution in [0, 0.1) is 19.3 Å². The fourth-order valence-corrected chi connectivity index (χ4v) is 5.31. The van der Waals surface area contributed by atoms with Crippen LogP contribution >= 0.6 is 11.6 Å². The average Bonchev–Trinajstić information content (AvgIpc) is 3.08. The molecule has 0 fully saturated rings. The van der Waals surface area contributed by atoms with Gasteiger partial charge in [0, 0.05) is 41.4 Å². The summed E-state index contributed by atoms with van der Waals surface area (Å²) in [5, 5.41) is 22.2. The molecule has 44 heavy (non-hydrogen) atoms. The summed E-state index contributed by atoms with van der Waals surface area (Å²) in [5.41, 5.74) is 4.62. The first-order valence-electron chi connectivity index (χ1n) is 14.5. The van der Waals surface area contributed by atoms with Crippen molar-refractivity contribution in [2.75, 3.05) is 31.2 Å². The third-order valence-electron chi connectivity index (χ3n) is 7.74. The molecule has 10 heteroatoms. The Labute approximate surface area is 262 Å². The number of hydrogen-bond donors (Lipinski definition) is 3. The van der Waals surface area contributed by atoms with Gasteiger partial charge in [-0.1, -0.05) is 55.8 Å². The molecule has 0 spiro atoms. The second-order valence-corrected chi connectivity index (χ2v) is 12.3. The van der Waals surface area contributed by atoms with Crippen molar-refractivity contribution in [2.45, 2.75) is 52.7 Å². The summed E-state index contributed by atoms with van der Waals surface area (Å²) in [4.78, 5) is 39.6. The number of hydrogen-bond acceptors (Lipinski definition) is 6. The maximum atomic E-state index is 14.1. The lowest BCUT2D eigenvalue weighted by Crippen LogP contribution is -2.46. The van der Waals surface area contributed by atoms with Gasteiger partial charge in [-0.15, -0.1) is 0 Å². The molecule has 0 saturated heterocycles. The van der Waals surface area contributed by atoms with E-state index in [-0.39, 0.29) is 31.4 Å². The maximum absolute atomic E-state index is 14.1. The number of aliphatic hydroxyl groups is 1. The van der Waals surface area contributed by atoms with Crippen LogP contribution in [0.15, 0.2) is 60.7 Å². The average molecular weight is 623 g/mol. The van der Waals surface area contributed by atoms with Crippen LogP contribution in [-0.2, 0) is 25.5 Å². The molecule has 0 aromatic heterocycles. The monoisotopic (exact) mass is 622 g/mol. The molecule has 3 aromatic carbocycles. The standard InChI is InChI=1S/C34H39ClN2O7/c1-21-6-5-7-26(22(21)2)32-27-16-24(35)10-13-28(27)37(19-34(3,4)20-38)33(42)29(44-32)17-30(39)36-15-14-23-8-11-25(12-9-23)43-18-31(40)41/h5-13,16,29,32,38H,14-15,17-20H2,1-4H3,(H,36,39)(H,40,41)/t29-,32-/m1/s1. The first-order valence-corrected chi connectivity index (χ1v) is 14.9. The van der Waals surface area contributed by atoms with Gasteiger partial charge < -0.3 is 29.9 Å². The van der Waals surface area contributed by atoms with Gasteiger partial charge in [0.05, 0.1) is 6.42 Å². The Morgan fingerprint density at radius 3 is 2.48 bits per heavy atom. The molecule has 1 aliphatic heterocycles. The minimum Gasteiger partial charge on any atom is -0.482 e. The van der Waals surface area contributed by atoms with Gasteiger partial charge in [-0.3, -0.25) is 9.59 Å². The zero-order valence-electron chi connectivity index (χ0n) is 25.4. The van der Waals surface area contributed by atoms with Crippen LogP contribution in [0.3, 0.4) is 0 Å². The molecule has 4 rings (SSSR count). The van der Waals surface area contributed by atoms with Crippen molar-refractivity contribution in [2.24, 2.45) is 5.41 Å². The van der Waals surface area contributed by atoms with E-state index in [1.807, 2.05) is 45.9 Å². The number of carbonyl (C=O) groups is 3. The molecule has 0 aliphatic carbocycles. The summed E-state index contributed by atoms with van der Waals surface area (Å²) in [6, 6.07) is 18.2. The van der Waals surface area contributed by atoms with Crippen molar-refractivity contribution < 1.29 is 34.1 Å². The Hall–Kier alpha value is -3.92. The third kappa shape index (κ3) is 8.16. The summed E-state index contributed by atoms with van der Waals surface area (Å²) in [7, 11) is 0. The van der Waals surface area contributed by atoms with Gasteiger partial charge in [0.15, 0.2) is 6.61 Å². The first-order chi connectivity index (χ1) is 20.9. The van der Waals surface area contributed by atoms with Crippen LogP contribution in [0.4, 0.5) is 5.69 Å². The SMILES string of the molecule is Cc1cccc([C@H]2O[C@H](CC(=O)NCCc3ccc(OCC(=O)O)cc3)C(=O)N(CC(C)(C)CO)c3ccc(Cl)cc32)c1C. The van der Waals surface area contributed by atoms with Crippen molar-refractivity contribution in [1.29, 1.82) is 0 Å². The van der Waals surface area contributed by atoms with Crippen LogP contribution in [-0.4, -0.2) is 60.4 Å². The Morgan fingerprint density at radius 2 is 1.80 bits per heavy atom. The lowest BCUT2D eigenvalue weighted by atomic mass is 9.91. The molecule has 234 valence electrons. The van der Waals surface area contributed by atoms with Crippen molar-refractivity contribution in [1.82, 2.24) is 5.32 Å². The second kappa shape index (κ2) is 14.2. The van der Waals surface area contributed by atoms with Crippen molar-refractivity contribution in [3.05, 3.63) is 93.5 Å². The Bertz CT molecular complexity index is 1510. The molecule has 3 N–H and O–H groups in total. The molecule has 1 heterocycles. The largest absolute Gasteiger partial charge is 0.482 e. The van der Waals surface area contributed by atoms with E-state index in [1.165, 1.54) is 0 Å². The number of amides is 2. The van der Waals surface area contributed by atoms with E-state index in [0.717, 1.165) is 22.3 Å². The summed E-state index contributed by atoms with van der Waals surface area (Å²) in [6.07, 6.45) is -1.42. The highest BCUT2D eigenvalue weighted by Gasteiger charge is 2.40. The van der Waals surface area contributed by atoms with E-state index in [2.05, 4.69) is 5.32 Å². The van der Waals surface area contributed by atoms with Crippen LogP contribution in [0.1, 0.15) is 54.2 Å². The number of aliphatic hydroxyl groups excluding tert-OH is 1. The topological polar surface area (TPSA) is 125 Å². The molecular formula is C34H39ClN2O7. The number of carboxylic acid groups (broad SMARTS) is 1. The van der Waals surface area contributed by atoms with Crippen LogP contribution < -0.4 is 15.0 Å². The lowest BCUT2D eigenvalue weighted by Gasteiger charge is -2.32. The molecule has 9 nitrogen and oxygen atoms in total. The third-order valence-corrected chi connectivity index (χ3v) is 7.98. The number of fused-ring (bicyclic) bond motifs is 1. The van der Waals surface area contributed by atoms with Gasteiger partial charge in [-0.05, 0) is 72.9 Å². The Kier molecular flexibility index (Phi) is 10.7. The summed E-state index contributed by atoms with van der Waals surface area (Å²) in [6.45, 7) is 7.73. The number of aryl methyl sites for hydroxylation is 1. The number of aliphatic carboxylic acids is 1. The van der Waals surface area contributed by atoms with Gasteiger partial charge in [-0.25, -0.2) is 4.79 Å². The number of carboxylic acids is 1. The Morgan fingerprint density at radius 1 is 1.07 bits per heavy atom. The fraction of sp³-hybridized carbons (Fsp3) is 0.382. The summed E-state index contributed by atoms with van der Waals surface area (Å²) >= 11 is 6.47. The predicted octanol–water partition coefficient (Wildman–Crippen LogP) is 5.01. The van der Waals surface area contributed by atoms with E-state index < -0.39 is 30.2 Å². The van der Waals surface area contributed by atoms with Crippen molar-refractivity contribution >= 4 is 35.1 Å². The smallest absolute Gasteiger partial charge is 0.341 e. The minimum absolute atomic E-state index is 0.140. The molecule has 3 aromatic rings. The zero-order valence-corrected chi connectivity index (χ0v) is 26.2.